The van der Waals surface area contributed by atoms with E-state index in [0.29, 0.717) is 30.1 Å². The van der Waals surface area contributed by atoms with Gasteiger partial charge in [0.05, 0.1) is 11.4 Å². The van der Waals surface area contributed by atoms with E-state index in [1.807, 2.05) is 26.8 Å². The monoisotopic (exact) mass is 447 g/mol. The minimum Gasteiger partial charge on any atom is -0.494 e. The van der Waals surface area contributed by atoms with Crippen molar-refractivity contribution in [3.8, 4) is 0 Å². The SMILES string of the molecule is C=CCOC(=C)[C@@H]1C[C@]2(C(C)Cc3cc(F)c(N(C)C)cc3F)OCOC2=CC1=C.CC. The van der Waals surface area contributed by atoms with E-state index in [9.17, 15) is 8.78 Å². The third-order valence-electron chi connectivity index (χ3n) is 5.91. The van der Waals surface area contributed by atoms with Crippen molar-refractivity contribution in [3.05, 3.63) is 78.3 Å². The molecule has 0 bridgehead atoms. The maximum Gasteiger partial charge on any atom is 0.189 e. The minimum atomic E-state index is -0.782. The van der Waals surface area contributed by atoms with Gasteiger partial charge in [-0.1, -0.05) is 46.6 Å². The van der Waals surface area contributed by atoms with E-state index in [4.69, 9.17) is 14.2 Å². The molecule has 1 aromatic rings. The Morgan fingerprint density at radius 3 is 2.62 bits per heavy atom. The quantitative estimate of drug-likeness (QED) is 0.353. The van der Waals surface area contributed by atoms with Crippen LogP contribution in [0.1, 0.15) is 32.8 Å². The summed E-state index contributed by atoms with van der Waals surface area (Å²) in [6.45, 7) is 18.2. The molecule has 0 saturated carbocycles. The Kier molecular flexibility index (Phi) is 8.67. The molecule has 3 atom stereocenters. The molecule has 3 rings (SSSR count). The van der Waals surface area contributed by atoms with E-state index in [0.717, 1.165) is 5.57 Å². The summed E-state index contributed by atoms with van der Waals surface area (Å²) in [5, 5.41) is 0. The van der Waals surface area contributed by atoms with Crippen LogP contribution in [0.3, 0.4) is 0 Å². The van der Waals surface area contributed by atoms with Gasteiger partial charge in [0.1, 0.15) is 29.6 Å². The van der Waals surface area contributed by atoms with Gasteiger partial charge in [0.25, 0.3) is 0 Å². The summed E-state index contributed by atoms with van der Waals surface area (Å²) in [6.07, 6.45) is 4.30. The molecular formula is C26H35F2NO3. The summed E-state index contributed by atoms with van der Waals surface area (Å²) < 4.78 is 46.6. The van der Waals surface area contributed by atoms with Crippen LogP contribution in [0.25, 0.3) is 0 Å². The number of fused-ring (bicyclic) bond motifs is 1. The summed E-state index contributed by atoms with van der Waals surface area (Å²) in [5.74, 6) is -0.0167. The number of nitrogens with zero attached hydrogens (tertiary/aromatic N) is 1. The van der Waals surface area contributed by atoms with Crippen LogP contribution in [-0.4, -0.2) is 33.1 Å². The van der Waals surface area contributed by atoms with Crippen LogP contribution in [0.2, 0.25) is 0 Å². The van der Waals surface area contributed by atoms with Crippen molar-refractivity contribution in [2.45, 2.75) is 39.2 Å². The Morgan fingerprint density at radius 1 is 1.31 bits per heavy atom. The molecule has 0 amide bonds. The molecule has 1 saturated heterocycles. The Labute approximate surface area is 190 Å². The third-order valence-corrected chi connectivity index (χ3v) is 5.91. The van der Waals surface area contributed by atoms with Crippen LogP contribution < -0.4 is 4.90 Å². The van der Waals surface area contributed by atoms with Crippen LogP contribution in [0.4, 0.5) is 14.5 Å². The Balaban J connectivity index is 0.00000176. The largest absolute Gasteiger partial charge is 0.494 e. The molecular weight excluding hydrogens is 412 g/mol. The molecule has 0 spiro atoms. The van der Waals surface area contributed by atoms with Gasteiger partial charge in [-0.2, -0.15) is 0 Å². The average molecular weight is 448 g/mol. The molecule has 1 fully saturated rings. The van der Waals surface area contributed by atoms with E-state index in [1.165, 1.54) is 12.1 Å². The number of benzene rings is 1. The van der Waals surface area contributed by atoms with E-state index < -0.39 is 17.2 Å². The molecule has 1 aromatic carbocycles. The lowest BCUT2D eigenvalue weighted by Crippen LogP contribution is -2.43. The van der Waals surface area contributed by atoms with Crippen LogP contribution >= 0.6 is 0 Å². The fourth-order valence-corrected chi connectivity index (χ4v) is 4.16. The number of ether oxygens (including phenoxy) is 3. The summed E-state index contributed by atoms with van der Waals surface area (Å²) >= 11 is 0. The number of allylic oxidation sites excluding steroid dienone is 2. The van der Waals surface area contributed by atoms with E-state index in [-0.39, 0.29) is 30.7 Å². The molecule has 32 heavy (non-hydrogen) atoms. The summed E-state index contributed by atoms with van der Waals surface area (Å²) in [5.41, 5.74) is 0.556. The second kappa shape index (κ2) is 10.8. The maximum atomic E-state index is 14.7. The number of anilines is 1. The predicted molar refractivity (Wildman–Crippen MR) is 125 cm³/mol. The van der Waals surface area contributed by atoms with E-state index >= 15 is 0 Å². The first-order valence-electron chi connectivity index (χ1n) is 10.9. The van der Waals surface area contributed by atoms with Crippen molar-refractivity contribution in [1.82, 2.24) is 0 Å². The van der Waals surface area contributed by atoms with Crippen molar-refractivity contribution in [2.75, 3.05) is 32.4 Å². The maximum absolute atomic E-state index is 14.7. The molecule has 0 N–H and O–H groups in total. The second-order valence-electron chi connectivity index (χ2n) is 8.10. The fraction of sp³-hybridized carbons (Fsp3) is 0.462. The van der Waals surface area contributed by atoms with Crippen molar-refractivity contribution in [2.24, 2.45) is 11.8 Å². The molecule has 1 unspecified atom stereocenters. The first kappa shape index (κ1) is 25.7. The fourth-order valence-electron chi connectivity index (χ4n) is 4.16. The lowest BCUT2D eigenvalue weighted by Gasteiger charge is -2.40. The molecule has 1 aliphatic heterocycles. The molecule has 0 radical (unpaired) electrons. The van der Waals surface area contributed by atoms with Crippen molar-refractivity contribution < 1.29 is 23.0 Å². The van der Waals surface area contributed by atoms with Gasteiger partial charge in [-0.25, -0.2) is 8.78 Å². The van der Waals surface area contributed by atoms with Gasteiger partial charge in [-0.15, -0.1) is 0 Å². The Hall–Kier alpha value is -2.60. The highest BCUT2D eigenvalue weighted by molar-refractivity contribution is 5.48. The van der Waals surface area contributed by atoms with Gasteiger partial charge >= 0.3 is 0 Å². The normalized spacial score (nSPS) is 22.5. The van der Waals surface area contributed by atoms with Crippen molar-refractivity contribution in [3.63, 3.8) is 0 Å². The Morgan fingerprint density at radius 2 is 2.00 bits per heavy atom. The summed E-state index contributed by atoms with van der Waals surface area (Å²) in [4.78, 5) is 1.55. The topological polar surface area (TPSA) is 30.9 Å². The molecule has 1 aliphatic carbocycles. The van der Waals surface area contributed by atoms with Gasteiger partial charge in [0, 0.05) is 26.1 Å². The van der Waals surface area contributed by atoms with Crippen molar-refractivity contribution >= 4 is 5.69 Å². The number of hydrogen-bond acceptors (Lipinski definition) is 4. The van der Waals surface area contributed by atoms with Gasteiger partial charge in [-0.05, 0) is 42.0 Å². The number of hydrogen-bond donors (Lipinski definition) is 0. The van der Waals surface area contributed by atoms with Gasteiger partial charge in [0.15, 0.2) is 6.79 Å². The molecule has 176 valence electrons. The standard InChI is InChI=1S/C24H29F2NO3.C2H6/c1-7-8-28-17(4)19-13-24(23(9-15(19)2)29-14-30-24)16(3)10-18-11-21(26)22(27(5)6)12-20(18)25;1-2/h7,9,11-12,16,19H,1-2,4,8,10,13-14H2,3,5-6H3;1-2H3/t16?,19-,24-;/m1./s1. The summed E-state index contributed by atoms with van der Waals surface area (Å²) in [7, 11) is 3.35. The highest BCUT2D eigenvalue weighted by Crippen LogP contribution is 2.49. The van der Waals surface area contributed by atoms with Gasteiger partial charge in [-0.3, -0.25) is 0 Å². The first-order valence-corrected chi connectivity index (χ1v) is 10.9. The zero-order chi connectivity index (χ0) is 24.1. The van der Waals surface area contributed by atoms with Crippen LogP contribution in [-0.2, 0) is 20.6 Å². The van der Waals surface area contributed by atoms with E-state index in [1.54, 1.807) is 25.1 Å². The predicted octanol–water partition coefficient (Wildman–Crippen LogP) is 6.16. The van der Waals surface area contributed by atoms with Crippen molar-refractivity contribution in [1.29, 1.82) is 0 Å². The van der Waals surface area contributed by atoms with Gasteiger partial charge in [0.2, 0.25) is 0 Å². The van der Waals surface area contributed by atoms with E-state index in [2.05, 4.69) is 19.7 Å². The first-order chi connectivity index (χ1) is 15.2. The zero-order valence-electron chi connectivity index (χ0n) is 19.8. The minimum absolute atomic E-state index is 0.104. The molecule has 1 heterocycles. The van der Waals surface area contributed by atoms with Crippen LogP contribution in [0.5, 0.6) is 0 Å². The average Bonchev–Trinajstić information content (AvgIpc) is 3.18. The third kappa shape index (κ3) is 5.07. The molecule has 2 aliphatic rings. The number of halogens is 2. The Bertz CT molecular complexity index is 893. The number of rotatable bonds is 8. The smallest absolute Gasteiger partial charge is 0.189 e. The highest BCUT2D eigenvalue weighted by atomic mass is 19.1. The molecule has 0 aromatic heterocycles. The van der Waals surface area contributed by atoms with Gasteiger partial charge < -0.3 is 19.1 Å². The lowest BCUT2D eigenvalue weighted by atomic mass is 9.71. The van der Waals surface area contributed by atoms with Crippen LogP contribution in [0, 0.1) is 23.5 Å². The van der Waals surface area contributed by atoms with Crippen LogP contribution in [0.15, 0.2) is 61.1 Å². The lowest BCUT2D eigenvalue weighted by molar-refractivity contribution is -0.0507. The summed E-state index contributed by atoms with van der Waals surface area (Å²) in [6, 6.07) is 2.50. The molecule has 6 heteroatoms. The zero-order valence-corrected chi connectivity index (χ0v) is 19.8. The molecule has 4 nitrogen and oxygen atoms in total. The second-order valence-corrected chi connectivity index (χ2v) is 8.10. The highest BCUT2D eigenvalue weighted by Gasteiger charge is 2.51.